The van der Waals surface area contributed by atoms with Gasteiger partial charge in [-0.2, -0.15) is 0 Å². The van der Waals surface area contributed by atoms with E-state index in [9.17, 15) is 4.57 Å². The van der Waals surface area contributed by atoms with Gasteiger partial charge >= 0.3 is 0 Å². The van der Waals surface area contributed by atoms with E-state index in [-0.39, 0.29) is 0 Å². The molecular formula is C26H16ClOP. The van der Waals surface area contributed by atoms with Crippen LogP contribution in [-0.4, -0.2) is 0 Å². The molecule has 0 spiro atoms. The Morgan fingerprint density at radius 1 is 0.552 bits per heavy atom. The fraction of sp³-hybridized carbons (Fsp3) is 0. The van der Waals surface area contributed by atoms with Crippen LogP contribution in [0.25, 0.3) is 43.8 Å². The van der Waals surface area contributed by atoms with Gasteiger partial charge in [-0.05, 0) is 61.1 Å². The lowest BCUT2D eigenvalue weighted by molar-refractivity contribution is 0.595. The van der Waals surface area contributed by atoms with Crippen molar-refractivity contribution in [1.82, 2.24) is 0 Å². The highest BCUT2D eigenvalue weighted by Gasteiger charge is 2.36. The lowest BCUT2D eigenvalue weighted by Gasteiger charge is -2.17. The van der Waals surface area contributed by atoms with Crippen molar-refractivity contribution in [2.75, 3.05) is 0 Å². The van der Waals surface area contributed by atoms with E-state index < -0.39 is 6.49 Å². The average Bonchev–Trinajstić information content (AvgIpc) is 2.85. The van der Waals surface area contributed by atoms with Gasteiger partial charge in [0.25, 0.3) is 0 Å². The molecule has 5 aromatic rings. The Labute approximate surface area is 173 Å². The van der Waals surface area contributed by atoms with Crippen LogP contribution in [-0.2, 0) is 4.57 Å². The molecule has 0 saturated carbocycles. The largest absolute Gasteiger partial charge is 0.296 e. The molecule has 1 aliphatic heterocycles. The fourth-order valence-electron chi connectivity index (χ4n) is 4.62. The van der Waals surface area contributed by atoms with E-state index in [1.165, 1.54) is 0 Å². The normalized spacial score (nSPS) is 17.4. The van der Waals surface area contributed by atoms with E-state index in [0.717, 1.165) is 54.4 Å². The van der Waals surface area contributed by atoms with Gasteiger partial charge in [0.15, 0.2) is 0 Å². The van der Waals surface area contributed by atoms with Crippen molar-refractivity contribution in [3.63, 3.8) is 0 Å². The van der Waals surface area contributed by atoms with Crippen molar-refractivity contribution < 1.29 is 4.57 Å². The van der Waals surface area contributed by atoms with Crippen LogP contribution >= 0.6 is 17.7 Å². The third-order valence-corrected chi connectivity index (χ3v) is 9.01. The predicted molar refractivity (Wildman–Crippen MR) is 125 cm³/mol. The van der Waals surface area contributed by atoms with Crippen LogP contribution in [0.5, 0.6) is 0 Å². The zero-order valence-corrected chi connectivity index (χ0v) is 17.1. The Balaban J connectivity index is 1.91. The standard InChI is InChI=1S/C26H16ClOP/c27-29(28)24-12-6-5-11-23(24)25-19-9-3-1-7-17(19)13-15-21(25)22-16-14-18-8-2-4-10-20(18)26(22)29/h1-16H. The first kappa shape index (κ1) is 17.0. The summed E-state index contributed by atoms with van der Waals surface area (Å²) in [5, 5.41) is 5.78. The smallest absolute Gasteiger partial charge is 0.227 e. The molecule has 0 aliphatic carbocycles. The number of halogens is 1. The minimum Gasteiger partial charge on any atom is -0.296 e. The summed E-state index contributed by atoms with van der Waals surface area (Å²) in [6, 6.07) is 32.7. The van der Waals surface area contributed by atoms with E-state index in [1.807, 2.05) is 54.6 Å². The highest BCUT2D eigenvalue weighted by molar-refractivity contribution is 8.01. The summed E-state index contributed by atoms with van der Waals surface area (Å²) in [7, 11) is 0. The summed E-state index contributed by atoms with van der Waals surface area (Å²) in [6.07, 6.45) is 0. The van der Waals surface area contributed by atoms with Gasteiger partial charge in [0.05, 0.1) is 0 Å². The summed E-state index contributed by atoms with van der Waals surface area (Å²) < 4.78 is 14.3. The number of hydrogen-bond acceptors (Lipinski definition) is 1. The van der Waals surface area contributed by atoms with E-state index >= 15 is 0 Å². The lowest BCUT2D eigenvalue weighted by atomic mass is 9.89. The third kappa shape index (κ3) is 2.32. The van der Waals surface area contributed by atoms with Gasteiger partial charge in [-0.15, -0.1) is 0 Å². The first-order valence-corrected chi connectivity index (χ1v) is 12.2. The molecule has 1 unspecified atom stereocenters. The van der Waals surface area contributed by atoms with Crippen LogP contribution in [0.3, 0.4) is 0 Å². The van der Waals surface area contributed by atoms with E-state index in [2.05, 4.69) is 42.5 Å². The van der Waals surface area contributed by atoms with Gasteiger partial charge in [0.2, 0.25) is 6.49 Å². The van der Waals surface area contributed by atoms with Gasteiger partial charge in [0, 0.05) is 10.6 Å². The summed E-state index contributed by atoms with van der Waals surface area (Å²) in [5.74, 6) is 0. The quantitative estimate of drug-likeness (QED) is 0.249. The molecule has 0 fully saturated rings. The van der Waals surface area contributed by atoms with Gasteiger partial charge in [0.1, 0.15) is 0 Å². The van der Waals surface area contributed by atoms with Crippen molar-refractivity contribution in [2.24, 2.45) is 0 Å². The second-order valence-corrected chi connectivity index (χ2v) is 10.9. The molecule has 6 rings (SSSR count). The van der Waals surface area contributed by atoms with Gasteiger partial charge < -0.3 is 0 Å². The first-order valence-electron chi connectivity index (χ1n) is 9.60. The Kier molecular flexibility index (Phi) is 3.56. The van der Waals surface area contributed by atoms with Crippen molar-refractivity contribution in [3.8, 4) is 22.3 Å². The van der Waals surface area contributed by atoms with Crippen LogP contribution in [0.4, 0.5) is 0 Å². The minimum absolute atomic E-state index is 0.717. The van der Waals surface area contributed by atoms with Gasteiger partial charge in [-0.3, -0.25) is 4.57 Å². The van der Waals surface area contributed by atoms with Crippen molar-refractivity contribution in [3.05, 3.63) is 97.1 Å². The molecule has 1 aliphatic rings. The summed E-state index contributed by atoms with van der Waals surface area (Å²) in [4.78, 5) is 0. The molecule has 0 aromatic heterocycles. The summed E-state index contributed by atoms with van der Waals surface area (Å²) in [5.41, 5.74) is 4.10. The zero-order chi connectivity index (χ0) is 19.6. The van der Waals surface area contributed by atoms with Crippen molar-refractivity contribution >= 4 is 49.9 Å². The van der Waals surface area contributed by atoms with E-state index in [4.69, 9.17) is 11.2 Å². The van der Waals surface area contributed by atoms with Crippen LogP contribution < -0.4 is 10.6 Å². The topological polar surface area (TPSA) is 17.1 Å². The predicted octanol–water partition coefficient (Wildman–Crippen LogP) is 7.11. The Hall–Kier alpha value is -2.86. The fourth-order valence-corrected chi connectivity index (χ4v) is 7.65. The van der Waals surface area contributed by atoms with Crippen LogP contribution in [0, 0.1) is 0 Å². The van der Waals surface area contributed by atoms with Gasteiger partial charge in [-0.1, -0.05) is 91.0 Å². The SMILES string of the molecule is O=P1(Cl)c2ccccc2-c2c(ccc3ccccc23)-c2ccc3ccccc3c21. The molecule has 0 radical (unpaired) electrons. The van der Waals surface area contributed by atoms with E-state index in [0.29, 0.717) is 0 Å². The van der Waals surface area contributed by atoms with Crippen molar-refractivity contribution in [2.45, 2.75) is 0 Å². The molecule has 1 heterocycles. The van der Waals surface area contributed by atoms with Crippen LogP contribution in [0.2, 0.25) is 0 Å². The molecular weight excluding hydrogens is 395 g/mol. The maximum absolute atomic E-state index is 14.3. The maximum atomic E-state index is 14.3. The maximum Gasteiger partial charge on any atom is 0.227 e. The molecule has 29 heavy (non-hydrogen) atoms. The molecule has 138 valence electrons. The zero-order valence-electron chi connectivity index (χ0n) is 15.5. The average molecular weight is 411 g/mol. The molecule has 0 N–H and O–H groups in total. The van der Waals surface area contributed by atoms with E-state index in [1.54, 1.807) is 0 Å². The monoisotopic (exact) mass is 410 g/mol. The number of hydrogen-bond donors (Lipinski definition) is 0. The first-order chi connectivity index (χ1) is 14.2. The molecule has 1 atom stereocenters. The summed E-state index contributed by atoms with van der Waals surface area (Å²) in [6.45, 7) is -3.34. The third-order valence-electron chi connectivity index (χ3n) is 5.89. The second kappa shape index (κ2) is 6.07. The van der Waals surface area contributed by atoms with Gasteiger partial charge in [-0.25, -0.2) is 0 Å². The van der Waals surface area contributed by atoms with Crippen LogP contribution in [0.15, 0.2) is 97.1 Å². The molecule has 0 amide bonds. The summed E-state index contributed by atoms with van der Waals surface area (Å²) >= 11 is 7.01. The second-order valence-electron chi connectivity index (χ2n) is 7.44. The number of fused-ring (bicyclic) bond motifs is 9. The molecule has 0 saturated heterocycles. The lowest BCUT2D eigenvalue weighted by Crippen LogP contribution is -2.15. The Morgan fingerprint density at radius 3 is 1.93 bits per heavy atom. The number of rotatable bonds is 0. The Bertz CT molecular complexity index is 1500. The van der Waals surface area contributed by atoms with Crippen molar-refractivity contribution in [1.29, 1.82) is 0 Å². The highest BCUT2D eigenvalue weighted by Crippen LogP contribution is 2.57. The molecule has 0 bridgehead atoms. The molecule has 1 nitrogen and oxygen atoms in total. The number of benzene rings is 5. The minimum atomic E-state index is -3.34. The Morgan fingerprint density at radius 2 is 1.14 bits per heavy atom. The molecule has 5 aromatic carbocycles. The van der Waals surface area contributed by atoms with Crippen LogP contribution in [0.1, 0.15) is 0 Å². The highest BCUT2D eigenvalue weighted by atomic mass is 35.7. The molecule has 3 heteroatoms.